The number of aromatic nitrogens is 1. The number of sulfonamides is 1. The normalized spacial score (nSPS) is 16.7. The molecule has 0 aromatic carbocycles. The third kappa shape index (κ3) is 3.55. The minimum atomic E-state index is -4.61. The van der Waals surface area contributed by atoms with Crippen molar-refractivity contribution in [2.75, 3.05) is 6.54 Å². The minimum absolute atomic E-state index is 0.112. The van der Waals surface area contributed by atoms with Crippen LogP contribution in [0.25, 0.3) is 0 Å². The molecule has 0 N–H and O–H groups in total. The number of nitrogens with zero attached hydrogens (tertiary/aromatic N) is 2. The van der Waals surface area contributed by atoms with E-state index in [0.29, 0.717) is 17.1 Å². The van der Waals surface area contributed by atoms with Crippen LogP contribution in [0.15, 0.2) is 17.2 Å². The van der Waals surface area contributed by atoms with E-state index in [1.165, 1.54) is 0 Å². The van der Waals surface area contributed by atoms with E-state index in [-0.39, 0.29) is 10.2 Å². The number of rotatable bonds is 4. The van der Waals surface area contributed by atoms with Gasteiger partial charge >= 0.3 is 6.18 Å². The van der Waals surface area contributed by atoms with Crippen molar-refractivity contribution in [2.24, 2.45) is 0 Å². The molecule has 0 atom stereocenters. The van der Waals surface area contributed by atoms with Gasteiger partial charge in [0.2, 0.25) is 10.0 Å². The smallest absolute Gasteiger partial charge is 0.242 e. The van der Waals surface area contributed by atoms with E-state index in [1.807, 2.05) is 0 Å². The second kappa shape index (κ2) is 5.32. The summed E-state index contributed by atoms with van der Waals surface area (Å²) in [5, 5.41) is -0.241. The SMILES string of the molecule is O=S(=O)(c1cnc(Cl)c(Cl)c1)N(CC(F)(F)F)C1CC1. The molecule has 4 nitrogen and oxygen atoms in total. The number of halogens is 5. The number of hydrogen-bond acceptors (Lipinski definition) is 3. The zero-order valence-corrected chi connectivity index (χ0v) is 12.2. The Balaban J connectivity index is 2.37. The van der Waals surface area contributed by atoms with Gasteiger partial charge in [0.25, 0.3) is 0 Å². The van der Waals surface area contributed by atoms with Gasteiger partial charge in [-0.1, -0.05) is 23.2 Å². The molecule has 0 saturated heterocycles. The Morgan fingerprint density at radius 3 is 2.40 bits per heavy atom. The topological polar surface area (TPSA) is 50.3 Å². The molecule has 20 heavy (non-hydrogen) atoms. The Kier molecular flexibility index (Phi) is 4.21. The highest BCUT2D eigenvalue weighted by Crippen LogP contribution is 2.35. The van der Waals surface area contributed by atoms with Gasteiger partial charge in [-0.3, -0.25) is 0 Å². The molecule has 1 aliphatic carbocycles. The van der Waals surface area contributed by atoms with E-state index in [2.05, 4.69) is 4.98 Å². The lowest BCUT2D eigenvalue weighted by Gasteiger charge is -2.23. The maximum atomic E-state index is 12.5. The van der Waals surface area contributed by atoms with Gasteiger partial charge in [0.15, 0.2) is 0 Å². The summed E-state index contributed by atoms with van der Waals surface area (Å²) >= 11 is 11.2. The fourth-order valence-corrected chi connectivity index (χ4v) is 3.61. The molecule has 0 radical (unpaired) electrons. The van der Waals surface area contributed by atoms with Crippen LogP contribution in [0.2, 0.25) is 10.2 Å². The van der Waals surface area contributed by atoms with E-state index < -0.39 is 33.7 Å². The highest BCUT2D eigenvalue weighted by molar-refractivity contribution is 7.89. The monoisotopic (exact) mass is 348 g/mol. The summed E-state index contributed by atoms with van der Waals surface area (Å²) < 4.78 is 62.5. The first-order chi connectivity index (χ1) is 9.11. The van der Waals surface area contributed by atoms with Crippen LogP contribution in [0.3, 0.4) is 0 Å². The van der Waals surface area contributed by atoms with Crippen molar-refractivity contribution >= 4 is 33.2 Å². The maximum Gasteiger partial charge on any atom is 0.402 e. The second-order valence-electron chi connectivity index (χ2n) is 4.34. The summed E-state index contributed by atoms with van der Waals surface area (Å²) in [6.07, 6.45) is -2.90. The summed E-state index contributed by atoms with van der Waals surface area (Å²) in [5.74, 6) is 0. The predicted molar refractivity (Wildman–Crippen MR) is 67.2 cm³/mol. The van der Waals surface area contributed by atoms with Crippen molar-refractivity contribution in [3.05, 3.63) is 22.4 Å². The molecule has 10 heteroatoms. The Bertz CT molecular complexity index is 617. The average Bonchev–Trinajstić information content (AvgIpc) is 3.12. The summed E-state index contributed by atoms with van der Waals surface area (Å²) in [5.41, 5.74) is 0. The highest BCUT2D eigenvalue weighted by Gasteiger charge is 2.44. The first-order valence-electron chi connectivity index (χ1n) is 5.51. The largest absolute Gasteiger partial charge is 0.402 e. The molecule has 0 aliphatic heterocycles. The standard InChI is InChI=1S/C10H9Cl2F3N2O2S/c11-8-3-7(4-16-9(8)12)20(18,19)17(6-1-2-6)5-10(13,14)15/h3-4,6H,1-2,5H2. The average molecular weight is 349 g/mol. The Labute approximate surface area is 123 Å². The summed E-state index contributed by atoms with van der Waals surface area (Å²) in [7, 11) is -4.30. The predicted octanol–water partition coefficient (Wildman–Crippen LogP) is 3.10. The zero-order chi connectivity index (χ0) is 15.1. The zero-order valence-electron chi connectivity index (χ0n) is 9.86. The molecule has 1 aromatic heterocycles. The number of hydrogen-bond donors (Lipinski definition) is 0. The van der Waals surface area contributed by atoms with E-state index in [4.69, 9.17) is 23.2 Å². The van der Waals surface area contributed by atoms with E-state index >= 15 is 0 Å². The highest BCUT2D eigenvalue weighted by atomic mass is 35.5. The molecule has 1 saturated carbocycles. The molecule has 0 amide bonds. The van der Waals surface area contributed by atoms with Gasteiger partial charge in [0.1, 0.15) is 16.6 Å². The second-order valence-corrected chi connectivity index (χ2v) is 7.00. The molecule has 1 heterocycles. The Morgan fingerprint density at radius 1 is 1.35 bits per heavy atom. The molecule has 1 aromatic rings. The Morgan fingerprint density at radius 2 is 1.95 bits per heavy atom. The number of alkyl halides is 3. The molecular formula is C10H9Cl2F3N2O2S. The van der Waals surface area contributed by atoms with Crippen LogP contribution < -0.4 is 0 Å². The first-order valence-corrected chi connectivity index (χ1v) is 7.70. The molecule has 0 spiro atoms. The van der Waals surface area contributed by atoms with Crippen LogP contribution in [0.1, 0.15) is 12.8 Å². The molecule has 2 rings (SSSR count). The van der Waals surface area contributed by atoms with Crippen molar-refractivity contribution in [1.29, 1.82) is 0 Å². The molecule has 1 aliphatic rings. The van der Waals surface area contributed by atoms with Gasteiger partial charge in [0.05, 0.1) is 5.02 Å². The molecule has 0 bridgehead atoms. The van der Waals surface area contributed by atoms with Crippen LogP contribution in [0.4, 0.5) is 13.2 Å². The van der Waals surface area contributed by atoms with E-state index in [9.17, 15) is 21.6 Å². The quantitative estimate of drug-likeness (QED) is 0.785. The fourth-order valence-electron chi connectivity index (χ4n) is 1.63. The van der Waals surface area contributed by atoms with E-state index in [1.54, 1.807) is 0 Å². The molecule has 0 unspecified atom stereocenters. The van der Waals surface area contributed by atoms with E-state index in [0.717, 1.165) is 12.3 Å². The van der Waals surface area contributed by atoms with Crippen LogP contribution in [-0.2, 0) is 10.0 Å². The summed E-state index contributed by atoms with van der Waals surface area (Å²) in [6, 6.07) is 0.369. The maximum absolute atomic E-state index is 12.5. The fraction of sp³-hybridized carbons (Fsp3) is 0.500. The van der Waals surface area contributed by atoms with Gasteiger partial charge in [0, 0.05) is 12.2 Å². The lowest BCUT2D eigenvalue weighted by Crippen LogP contribution is -2.40. The summed E-state index contributed by atoms with van der Waals surface area (Å²) in [4.78, 5) is 3.15. The molecule has 112 valence electrons. The lowest BCUT2D eigenvalue weighted by molar-refractivity contribution is -0.137. The van der Waals surface area contributed by atoms with Crippen LogP contribution >= 0.6 is 23.2 Å². The van der Waals surface area contributed by atoms with Crippen molar-refractivity contribution in [3.8, 4) is 0 Å². The van der Waals surface area contributed by atoms with Gasteiger partial charge in [-0.2, -0.15) is 17.5 Å². The third-order valence-electron chi connectivity index (χ3n) is 2.67. The van der Waals surface area contributed by atoms with Crippen molar-refractivity contribution < 1.29 is 21.6 Å². The first kappa shape index (κ1) is 15.8. The Hall–Kier alpha value is -0.570. The number of pyridine rings is 1. The third-order valence-corrected chi connectivity index (χ3v) is 5.22. The van der Waals surface area contributed by atoms with Gasteiger partial charge < -0.3 is 0 Å². The van der Waals surface area contributed by atoms with Crippen molar-refractivity contribution in [1.82, 2.24) is 9.29 Å². The molecule has 1 fully saturated rings. The van der Waals surface area contributed by atoms with Crippen molar-refractivity contribution in [3.63, 3.8) is 0 Å². The van der Waals surface area contributed by atoms with Crippen molar-refractivity contribution in [2.45, 2.75) is 30.0 Å². The van der Waals surface area contributed by atoms with Gasteiger partial charge in [-0.15, -0.1) is 0 Å². The van der Waals surface area contributed by atoms with Gasteiger partial charge in [-0.05, 0) is 18.9 Å². The summed E-state index contributed by atoms with van der Waals surface area (Å²) in [6.45, 7) is -1.53. The van der Waals surface area contributed by atoms with Crippen LogP contribution in [0.5, 0.6) is 0 Å². The van der Waals surface area contributed by atoms with Crippen LogP contribution in [0, 0.1) is 0 Å². The molecular weight excluding hydrogens is 340 g/mol. The minimum Gasteiger partial charge on any atom is -0.242 e. The van der Waals surface area contributed by atoms with Gasteiger partial charge in [-0.25, -0.2) is 13.4 Å². The lowest BCUT2D eigenvalue weighted by atomic mass is 10.5. The van der Waals surface area contributed by atoms with Crippen LogP contribution in [-0.4, -0.2) is 36.5 Å².